The van der Waals surface area contributed by atoms with E-state index >= 15 is 0 Å². The summed E-state index contributed by atoms with van der Waals surface area (Å²) in [5.74, 6) is 0.793. The van der Waals surface area contributed by atoms with E-state index in [0.717, 1.165) is 23.6 Å². The lowest BCUT2D eigenvalue weighted by atomic mass is 9.79. The first kappa shape index (κ1) is 14.9. The molecule has 2 aromatic rings. The monoisotopic (exact) mass is 347 g/mol. The summed E-state index contributed by atoms with van der Waals surface area (Å²) in [6, 6.07) is 11.4. The summed E-state index contributed by atoms with van der Waals surface area (Å²) in [5, 5.41) is 3.62. The van der Waals surface area contributed by atoms with Crippen LogP contribution in [0.3, 0.4) is 0 Å². The smallest absolute Gasteiger partial charge is 0.174 e. The van der Waals surface area contributed by atoms with Crippen LogP contribution in [0.5, 0.6) is 0 Å². The first-order chi connectivity index (χ1) is 10.3. The molecule has 1 aliphatic carbocycles. The number of hydrogen-bond donors (Lipinski definition) is 1. The van der Waals surface area contributed by atoms with Gasteiger partial charge in [0.05, 0.1) is 12.3 Å². The van der Waals surface area contributed by atoms with Crippen molar-refractivity contribution in [3.63, 3.8) is 0 Å². The van der Waals surface area contributed by atoms with Gasteiger partial charge in [0.2, 0.25) is 0 Å². The Bertz CT molecular complexity index is 571. The van der Waals surface area contributed by atoms with Crippen LogP contribution in [0.25, 0.3) is 0 Å². The third-order valence-electron chi connectivity index (χ3n) is 4.40. The van der Waals surface area contributed by atoms with Crippen molar-refractivity contribution in [2.75, 3.05) is 6.54 Å². The van der Waals surface area contributed by atoms with Crippen LogP contribution in [-0.2, 0) is 0 Å². The highest BCUT2D eigenvalue weighted by Crippen LogP contribution is 2.37. The molecule has 0 aliphatic heterocycles. The van der Waals surface area contributed by atoms with Crippen LogP contribution in [0.1, 0.15) is 61.3 Å². The minimum absolute atomic E-state index is 0.188. The van der Waals surface area contributed by atoms with Gasteiger partial charge >= 0.3 is 0 Å². The fraction of sp³-hybridized carbons (Fsp3) is 0.444. The standard InChI is InChI=1S/C18H22BrNO/c1-2-11-20-17(16-10-12-21-18(16)19)15-8-6-14(7-9-15)13-4-3-5-13/h6-10,12-13,17,20H,2-5,11H2,1H3. The van der Waals surface area contributed by atoms with Crippen LogP contribution in [0, 0.1) is 0 Å². The van der Waals surface area contributed by atoms with Gasteiger partial charge in [-0.2, -0.15) is 0 Å². The molecule has 0 amide bonds. The highest BCUT2D eigenvalue weighted by molar-refractivity contribution is 9.10. The van der Waals surface area contributed by atoms with Crippen LogP contribution in [-0.4, -0.2) is 6.54 Å². The van der Waals surface area contributed by atoms with Crippen molar-refractivity contribution in [3.05, 3.63) is 58.0 Å². The predicted octanol–water partition coefficient (Wildman–Crippen LogP) is 5.40. The minimum atomic E-state index is 0.188. The van der Waals surface area contributed by atoms with E-state index in [0.29, 0.717) is 0 Å². The van der Waals surface area contributed by atoms with Gasteiger partial charge in [0.1, 0.15) is 0 Å². The highest BCUT2D eigenvalue weighted by Gasteiger charge is 2.21. The maximum atomic E-state index is 5.41. The molecule has 112 valence electrons. The molecule has 0 spiro atoms. The van der Waals surface area contributed by atoms with Gasteiger partial charge in [-0.05, 0) is 64.8 Å². The van der Waals surface area contributed by atoms with E-state index in [4.69, 9.17) is 4.42 Å². The third kappa shape index (κ3) is 3.24. The van der Waals surface area contributed by atoms with E-state index < -0.39 is 0 Å². The van der Waals surface area contributed by atoms with Gasteiger partial charge in [-0.25, -0.2) is 0 Å². The molecular weight excluding hydrogens is 326 g/mol. The third-order valence-corrected chi connectivity index (χ3v) is 5.05. The fourth-order valence-corrected chi connectivity index (χ4v) is 3.38. The Hall–Kier alpha value is -1.06. The number of hydrogen-bond acceptors (Lipinski definition) is 2. The van der Waals surface area contributed by atoms with Crippen molar-refractivity contribution in [1.82, 2.24) is 5.32 Å². The quantitative estimate of drug-likeness (QED) is 0.756. The van der Waals surface area contributed by atoms with E-state index in [-0.39, 0.29) is 6.04 Å². The molecule has 1 saturated carbocycles. The van der Waals surface area contributed by atoms with Crippen molar-refractivity contribution < 1.29 is 4.42 Å². The van der Waals surface area contributed by atoms with Crippen molar-refractivity contribution >= 4 is 15.9 Å². The van der Waals surface area contributed by atoms with Crippen LogP contribution in [0.4, 0.5) is 0 Å². The number of nitrogens with one attached hydrogen (secondary N) is 1. The fourth-order valence-electron chi connectivity index (χ4n) is 2.91. The van der Waals surface area contributed by atoms with E-state index in [1.165, 1.54) is 36.0 Å². The first-order valence-electron chi connectivity index (χ1n) is 7.85. The second-order valence-corrected chi connectivity index (χ2v) is 6.55. The van der Waals surface area contributed by atoms with Crippen LogP contribution >= 0.6 is 15.9 Å². The summed E-state index contributed by atoms with van der Waals surface area (Å²) in [7, 11) is 0. The maximum absolute atomic E-state index is 5.41. The zero-order valence-corrected chi connectivity index (χ0v) is 14.0. The number of rotatable bonds is 6. The summed E-state index contributed by atoms with van der Waals surface area (Å²) in [5.41, 5.74) is 3.96. The maximum Gasteiger partial charge on any atom is 0.174 e. The molecule has 1 fully saturated rings. The summed E-state index contributed by atoms with van der Waals surface area (Å²) in [4.78, 5) is 0. The minimum Gasteiger partial charge on any atom is -0.457 e. The van der Waals surface area contributed by atoms with E-state index in [1.807, 2.05) is 6.07 Å². The lowest BCUT2D eigenvalue weighted by Crippen LogP contribution is -2.23. The molecule has 3 heteroatoms. The molecule has 2 nitrogen and oxygen atoms in total. The molecule has 1 N–H and O–H groups in total. The molecular formula is C18H22BrNO. The molecule has 0 bridgehead atoms. The van der Waals surface area contributed by atoms with Gasteiger partial charge in [-0.15, -0.1) is 0 Å². The lowest BCUT2D eigenvalue weighted by molar-refractivity contribution is 0.419. The van der Waals surface area contributed by atoms with Gasteiger partial charge in [0.15, 0.2) is 4.67 Å². The molecule has 21 heavy (non-hydrogen) atoms. The molecule has 1 aliphatic rings. The van der Waals surface area contributed by atoms with Crippen molar-refractivity contribution in [1.29, 1.82) is 0 Å². The first-order valence-corrected chi connectivity index (χ1v) is 8.65. The van der Waals surface area contributed by atoms with E-state index in [2.05, 4.69) is 52.4 Å². The summed E-state index contributed by atoms with van der Waals surface area (Å²) in [6.07, 6.45) is 6.94. The summed E-state index contributed by atoms with van der Waals surface area (Å²) >= 11 is 3.51. The second kappa shape index (κ2) is 6.80. The zero-order valence-electron chi connectivity index (χ0n) is 12.4. The van der Waals surface area contributed by atoms with Gasteiger partial charge < -0.3 is 9.73 Å². The Balaban J connectivity index is 1.83. The topological polar surface area (TPSA) is 25.2 Å². The zero-order chi connectivity index (χ0) is 14.7. The number of furan rings is 1. The molecule has 0 radical (unpaired) electrons. The Kier molecular flexibility index (Phi) is 4.81. The molecule has 1 atom stereocenters. The summed E-state index contributed by atoms with van der Waals surface area (Å²) < 4.78 is 6.23. The van der Waals surface area contributed by atoms with Crippen molar-refractivity contribution in [2.45, 2.75) is 44.6 Å². The highest BCUT2D eigenvalue weighted by atomic mass is 79.9. The Morgan fingerprint density at radius 2 is 2.00 bits per heavy atom. The van der Waals surface area contributed by atoms with Crippen LogP contribution < -0.4 is 5.32 Å². The van der Waals surface area contributed by atoms with Gasteiger partial charge in [0.25, 0.3) is 0 Å². The SMILES string of the molecule is CCCNC(c1ccc(C2CCC2)cc1)c1ccoc1Br. The van der Waals surface area contributed by atoms with Gasteiger partial charge in [0, 0.05) is 5.56 Å². The molecule has 1 unspecified atom stereocenters. The molecule has 1 aromatic heterocycles. The normalized spacial score (nSPS) is 16.7. The van der Waals surface area contributed by atoms with Gasteiger partial charge in [-0.1, -0.05) is 37.6 Å². The Morgan fingerprint density at radius 1 is 1.24 bits per heavy atom. The largest absolute Gasteiger partial charge is 0.457 e. The molecule has 0 saturated heterocycles. The van der Waals surface area contributed by atoms with Crippen molar-refractivity contribution in [2.24, 2.45) is 0 Å². The molecule has 3 rings (SSSR count). The second-order valence-electron chi connectivity index (χ2n) is 5.83. The summed E-state index contributed by atoms with van der Waals surface area (Å²) in [6.45, 7) is 3.18. The Morgan fingerprint density at radius 3 is 2.52 bits per heavy atom. The van der Waals surface area contributed by atoms with E-state index in [9.17, 15) is 0 Å². The molecule has 1 heterocycles. The average Bonchev–Trinajstić information content (AvgIpc) is 2.85. The Labute approximate surface area is 135 Å². The van der Waals surface area contributed by atoms with E-state index in [1.54, 1.807) is 6.26 Å². The number of halogens is 1. The average molecular weight is 348 g/mol. The predicted molar refractivity (Wildman–Crippen MR) is 89.6 cm³/mol. The van der Waals surface area contributed by atoms with Gasteiger partial charge in [-0.3, -0.25) is 0 Å². The number of benzene rings is 1. The van der Waals surface area contributed by atoms with Crippen LogP contribution in [0.15, 0.2) is 45.7 Å². The lowest BCUT2D eigenvalue weighted by Gasteiger charge is -2.26. The molecule has 1 aromatic carbocycles. The van der Waals surface area contributed by atoms with Crippen molar-refractivity contribution in [3.8, 4) is 0 Å². The van der Waals surface area contributed by atoms with Crippen LogP contribution in [0.2, 0.25) is 0 Å².